The molecular weight excluding hydrogens is 490 g/mol. The Balaban J connectivity index is 1.08. The van der Waals surface area contributed by atoms with E-state index >= 15 is 0 Å². The van der Waals surface area contributed by atoms with Gasteiger partial charge in [0.2, 0.25) is 0 Å². The SMILES string of the molecule is C=C1CC[C@@]2(O)C3CC4C=CC(OC(=O)OCCCCCCCCCCC)=C5O[C@@H]1[C@]2(CCN3CC1CC1)C54. The Labute approximate surface area is 234 Å². The normalized spacial score (nSPS) is 36.5. The molecule has 4 aliphatic carbocycles. The molecular formula is C33H49NO5. The number of carbonyl (C=O) groups is 1. The standard InChI is InChI=1S/C33H49NO5/c1-3-4-5-6-7-8-9-10-11-20-37-31(35)38-26-15-14-25-21-27-33(36)17-16-23(2)30-32(33,28(25)29(26)39-30)18-19-34(27)22-24-12-13-24/h14-15,24-25,27-28,30,36H,2-13,16-22H2,1H3/t25?,27?,28?,30-,32-,33+/m0/s1. The molecule has 0 amide bonds. The van der Waals surface area contributed by atoms with Gasteiger partial charge in [-0.15, -0.1) is 0 Å². The van der Waals surface area contributed by atoms with Gasteiger partial charge in [0, 0.05) is 18.5 Å². The van der Waals surface area contributed by atoms with Gasteiger partial charge in [-0.2, -0.15) is 0 Å². The van der Waals surface area contributed by atoms with E-state index in [1.54, 1.807) is 0 Å². The molecule has 6 atom stereocenters. The van der Waals surface area contributed by atoms with Gasteiger partial charge in [0.05, 0.1) is 17.6 Å². The summed E-state index contributed by atoms with van der Waals surface area (Å²) in [7, 11) is 0. The van der Waals surface area contributed by atoms with Crippen molar-refractivity contribution in [3.63, 3.8) is 0 Å². The van der Waals surface area contributed by atoms with Crippen LogP contribution in [0.3, 0.4) is 0 Å². The summed E-state index contributed by atoms with van der Waals surface area (Å²) in [6.07, 6.45) is 20.2. The van der Waals surface area contributed by atoms with Gasteiger partial charge in [0.1, 0.15) is 11.9 Å². The number of ether oxygens (including phenoxy) is 3. The molecule has 5 fully saturated rings. The average Bonchev–Trinajstić information content (AvgIpc) is 3.66. The van der Waals surface area contributed by atoms with E-state index in [-0.39, 0.29) is 24.0 Å². The van der Waals surface area contributed by atoms with Gasteiger partial charge in [-0.25, -0.2) is 4.79 Å². The van der Waals surface area contributed by atoms with Gasteiger partial charge < -0.3 is 19.3 Å². The Hall–Kier alpha value is -1.79. The molecule has 39 heavy (non-hydrogen) atoms. The lowest BCUT2D eigenvalue weighted by Gasteiger charge is -2.66. The minimum absolute atomic E-state index is 0.0222. The number of hydrogen-bond acceptors (Lipinski definition) is 6. The van der Waals surface area contributed by atoms with E-state index in [9.17, 15) is 9.90 Å². The van der Waals surface area contributed by atoms with Crippen LogP contribution in [0.25, 0.3) is 0 Å². The van der Waals surface area contributed by atoms with Crippen LogP contribution in [0.15, 0.2) is 35.8 Å². The number of unbranched alkanes of at least 4 members (excludes halogenated alkanes) is 8. The first-order valence-corrected chi connectivity index (χ1v) is 16.1. The molecule has 6 nitrogen and oxygen atoms in total. The highest BCUT2D eigenvalue weighted by Gasteiger charge is 2.76. The summed E-state index contributed by atoms with van der Waals surface area (Å²) in [5.74, 6) is 2.30. The van der Waals surface area contributed by atoms with Crippen molar-refractivity contribution in [3.05, 3.63) is 35.8 Å². The second-order valence-electron chi connectivity index (χ2n) is 13.3. The summed E-state index contributed by atoms with van der Waals surface area (Å²) < 4.78 is 17.9. The first kappa shape index (κ1) is 27.4. The van der Waals surface area contributed by atoms with Crippen molar-refractivity contribution in [2.24, 2.45) is 23.2 Å². The smallest absolute Gasteiger partial charge is 0.485 e. The molecule has 3 saturated carbocycles. The van der Waals surface area contributed by atoms with Crippen LogP contribution in [0.2, 0.25) is 0 Å². The molecule has 2 bridgehead atoms. The van der Waals surface area contributed by atoms with E-state index in [2.05, 4.69) is 24.5 Å². The van der Waals surface area contributed by atoms with E-state index < -0.39 is 17.2 Å². The summed E-state index contributed by atoms with van der Waals surface area (Å²) in [6, 6.07) is 0.153. The van der Waals surface area contributed by atoms with Crippen molar-refractivity contribution in [2.45, 2.75) is 121 Å². The van der Waals surface area contributed by atoms with Crippen LogP contribution in [0.5, 0.6) is 0 Å². The fourth-order valence-electron chi connectivity index (χ4n) is 8.76. The Bertz CT molecular complexity index is 1000. The van der Waals surface area contributed by atoms with Crippen LogP contribution in [-0.4, -0.2) is 53.6 Å². The van der Waals surface area contributed by atoms with Crippen molar-refractivity contribution in [3.8, 4) is 0 Å². The van der Waals surface area contributed by atoms with Gasteiger partial charge in [-0.3, -0.25) is 4.90 Å². The summed E-state index contributed by atoms with van der Waals surface area (Å²) >= 11 is 0. The molecule has 6 aliphatic rings. The average molecular weight is 540 g/mol. The van der Waals surface area contributed by atoms with Crippen molar-refractivity contribution >= 4 is 6.16 Å². The first-order chi connectivity index (χ1) is 19.0. The van der Waals surface area contributed by atoms with Gasteiger partial charge >= 0.3 is 6.16 Å². The van der Waals surface area contributed by atoms with Crippen LogP contribution in [0.1, 0.15) is 103 Å². The van der Waals surface area contributed by atoms with Gasteiger partial charge in [-0.1, -0.05) is 70.9 Å². The van der Waals surface area contributed by atoms with E-state index in [1.165, 1.54) is 57.8 Å². The molecule has 2 aliphatic heterocycles. The largest absolute Gasteiger partial charge is 0.513 e. The highest BCUT2D eigenvalue weighted by atomic mass is 16.7. The van der Waals surface area contributed by atoms with Crippen molar-refractivity contribution in [1.29, 1.82) is 0 Å². The molecule has 1 spiro atoms. The Kier molecular flexibility index (Phi) is 7.89. The lowest BCUT2D eigenvalue weighted by atomic mass is 9.44. The Morgan fingerprint density at radius 2 is 1.87 bits per heavy atom. The minimum atomic E-state index is -0.804. The summed E-state index contributed by atoms with van der Waals surface area (Å²) in [4.78, 5) is 15.3. The van der Waals surface area contributed by atoms with Crippen LogP contribution < -0.4 is 0 Å². The number of carbonyl (C=O) groups excluding carboxylic acids is 1. The summed E-state index contributed by atoms with van der Waals surface area (Å²) in [6.45, 7) is 9.13. The van der Waals surface area contributed by atoms with Gasteiger partial charge in [-0.05, 0) is 75.0 Å². The van der Waals surface area contributed by atoms with Crippen LogP contribution in [0, 0.1) is 23.2 Å². The lowest BCUT2D eigenvalue weighted by Crippen LogP contribution is -2.75. The van der Waals surface area contributed by atoms with E-state index in [1.807, 2.05) is 6.08 Å². The third kappa shape index (κ3) is 4.88. The Morgan fingerprint density at radius 3 is 2.62 bits per heavy atom. The molecule has 0 aromatic heterocycles. The third-order valence-corrected chi connectivity index (χ3v) is 10.9. The summed E-state index contributed by atoms with van der Waals surface area (Å²) in [5, 5.41) is 12.5. The molecule has 6 heteroatoms. The summed E-state index contributed by atoms with van der Waals surface area (Å²) in [5.41, 5.74) is -0.128. The monoisotopic (exact) mass is 539 g/mol. The van der Waals surface area contributed by atoms with Gasteiger partial charge in [0.15, 0.2) is 5.76 Å². The van der Waals surface area contributed by atoms with Crippen molar-refractivity contribution < 1.29 is 24.1 Å². The molecule has 1 N–H and O–H groups in total. The van der Waals surface area contributed by atoms with Crippen LogP contribution in [-0.2, 0) is 14.2 Å². The van der Waals surface area contributed by atoms with Crippen LogP contribution >= 0.6 is 0 Å². The maximum atomic E-state index is 12.7. The zero-order valence-electron chi connectivity index (χ0n) is 24.0. The minimum Gasteiger partial charge on any atom is -0.485 e. The quantitative estimate of drug-likeness (QED) is 0.154. The topological polar surface area (TPSA) is 68.2 Å². The fraction of sp³-hybridized carbons (Fsp3) is 0.788. The van der Waals surface area contributed by atoms with Crippen LogP contribution in [0.4, 0.5) is 4.79 Å². The lowest BCUT2D eigenvalue weighted by molar-refractivity contribution is -0.240. The number of piperidine rings is 1. The molecule has 0 aromatic rings. The van der Waals surface area contributed by atoms with E-state index in [4.69, 9.17) is 14.2 Å². The highest BCUT2D eigenvalue weighted by Crippen LogP contribution is 2.70. The van der Waals surface area contributed by atoms with Gasteiger partial charge in [0.25, 0.3) is 0 Å². The molecule has 2 heterocycles. The number of allylic oxidation sites excluding steroid dienone is 3. The number of rotatable bonds is 13. The van der Waals surface area contributed by atoms with E-state index in [0.717, 1.165) is 68.9 Å². The van der Waals surface area contributed by atoms with Crippen molar-refractivity contribution in [2.75, 3.05) is 19.7 Å². The second-order valence-corrected chi connectivity index (χ2v) is 13.3. The number of hydrogen-bond donors (Lipinski definition) is 1. The number of aliphatic hydroxyl groups is 1. The first-order valence-electron chi connectivity index (χ1n) is 16.1. The number of nitrogens with zero attached hydrogens (tertiary/aromatic N) is 1. The van der Waals surface area contributed by atoms with Crippen molar-refractivity contribution in [1.82, 2.24) is 4.90 Å². The predicted molar refractivity (Wildman–Crippen MR) is 151 cm³/mol. The highest BCUT2D eigenvalue weighted by molar-refractivity contribution is 5.62. The number of likely N-dealkylation sites (tertiary alicyclic amines) is 1. The molecule has 6 rings (SSSR count). The molecule has 216 valence electrons. The Morgan fingerprint density at radius 1 is 1.13 bits per heavy atom. The third-order valence-electron chi connectivity index (χ3n) is 10.9. The zero-order chi connectivity index (χ0) is 27.0. The molecule has 0 aromatic carbocycles. The zero-order valence-corrected chi connectivity index (χ0v) is 24.0. The fourth-order valence-corrected chi connectivity index (χ4v) is 8.76. The van der Waals surface area contributed by atoms with E-state index in [0.29, 0.717) is 12.4 Å². The molecule has 0 radical (unpaired) electrons. The second kappa shape index (κ2) is 11.2. The maximum Gasteiger partial charge on any atom is 0.513 e. The molecule has 3 unspecified atom stereocenters. The molecule has 2 saturated heterocycles. The predicted octanol–water partition coefficient (Wildman–Crippen LogP) is 7.04. The maximum absolute atomic E-state index is 12.7.